The SMILES string of the molecule is O=C(NCCc1nccn1Cc1ccccc1)c1ccnc(-n2ccnc2)c1. The number of benzene rings is 1. The Morgan fingerprint density at radius 3 is 2.71 bits per heavy atom. The first-order valence-electron chi connectivity index (χ1n) is 9.06. The van der Waals surface area contributed by atoms with E-state index in [0.717, 1.165) is 12.4 Å². The van der Waals surface area contributed by atoms with Gasteiger partial charge in [0.05, 0.1) is 0 Å². The largest absolute Gasteiger partial charge is 0.352 e. The first-order chi connectivity index (χ1) is 13.8. The molecule has 3 aromatic heterocycles. The summed E-state index contributed by atoms with van der Waals surface area (Å²) < 4.78 is 3.86. The van der Waals surface area contributed by atoms with Crippen molar-refractivity contribution >= 4 is 5.91 Å². The van der Waals surface area contributed by atoms with Crippen LogP contribution in [0.15, 0.2) is 79.8 Å². The second-order valence-corrected chi connectivity index (χ2v) is 6.34. The highest BCUT2D eigenvalue weighted by Gasteiger charge is 2.09. The fourth-order valence-electron chi connectivity index (χ4n) is 2.98. The molecule has 7 nitrogen and oxygen atoms in total. The van der Waals surface area contributed by atoms with Gasteiger partial charge in [-0.3, -0.25) is 9.36 Å². The van der Waals surface area contributed by atoms with Crippen molar-refractivity contribution in [3.05, 3.63) is 96.7 Å². The second-order valence-electron chi connectivity index (χ2n) is 6.34. The van der Waals surface area contributed by atoms with Crippen LogP contribution < -0.4 is 5.32 Å². The molecule has 4 aromatic rings. The summed E-state index contributed by atoms with van der Waals surface area (Å²) in [6, 6.07) is 13.7. The van der Waals surface area contributed by atoms with Crippen LogP contribution in [-0.2, 0) is 13.0 Å². The van der Waals surface area contributed by atoms with Crippen LogP contribution in [-0.4, -0.2) is 36.5 Å². The first-order valence-corrected chi connectivity index (χ1v) is 9.06. The molecule has 0 saturated carbocycles. The summed E-state index contributed by atoms with van der Waals surface area (Å²) in [5.41, 5.74) is 1.78. The molecule has 0 atom stereocenters. The molecule has 0 saturated heterocycles. The summed E-state index contributed by atoms with van der Waals surface area (Å²) in [4.78, 5) is 25.2. The molecule has 0 bridgehead atoms. The zero-order chi connectivity index (χ0) is 19.2. The Labute approximate surface area is 162 Å². The molecule has 7 heteroatoms. The summed E-state index contributed by atoms with van der Waals surface area (Å²) >= 11 is 0. The Hall–Kier alpha value is -3.74. The third kappa shape index (κ3) is 4.15. The van der Waals surface area contributed by atoms with Gasteiger partial charge in [-0.25, -0.2) is 15.0 Å². The number of hydrogen-bond acceptors (Lipinski definition) is 4. The topological polar surface area (TPSA) is 77.6 Å². The molecule has 1 amide bonds. The minimum absolute atomic E-state index is 0.134. The first kappa shape index (κ1) is 17.7. The van der Waals surface area contributed by atoms with Crippen molar-refractivity contribution in [3.63, 3.8) is 0 Å². The minimum Gasteiger partial charge on any atom is -0.352 e. The van der Waals surface area contributed by atoms with Gasteiger partial charge in [-0.15, -0.1) is 0 Å². The lowest BCUT2D eigenvalue weighted by molar-refractivity contribution is 0.0953. The van der Waals surface area contributed by atoms with Crippen LogP contribution in [0.2, 0.25) is 0 Å². The van der Waals surface area contributed by atoms with Crippen LogP contribution in [0.5, 0.6) is 0 Å². The molecule has 0 fully saturated rings. The fraction of sp³-hybridized carbons (Fsp3) is 0.143. The molecule has 0 spiro atoms. The Kier molecular flexibility index (Phi) is 5.24. The summed E-state index contributed by atoms with van der Waals surface area (Å²) in [6.45, 7) is 1.27. The van der Waals surface area contributed by atoms with E-state index in [0.29, 0.717) is 24.3 Å². The van der Waals surface area contributed by atoms with Gasteiger partial charge in [-0.05, 0) is 17.7 Å². The molecule has 1 aromatic carbocycles. The van der Waals surface area contributed by atoms with Crippen LogP contribution >= 0.6 is 0 Å². The number of nitrogens with zero attached hydrogens (tertiary/aromatic N) is 5. The third-order valence-electron chi connectivity index (χ3n) is 4.41. The minimum atomic E-state index is -0.134. The van der Waals surface area contributed by atoms with E-state index in [1.54, 1.807) is 47.8 Å². The highest BCUT2D eigenvalue weighted by atomic mass is 16.1. The van der Waals surface area contributed by atoms with Gasteiger partial charge in [0.15, 0.2) is 0 Å². The Bertz CT molecular complexity index is 1040. The van der Waals surface area contributed by atoms with Crippen LogP contribution in [0.25, 0.3) is 5.82 Å². The summed E-state index contributed by atoms with van der Waals surface area (Å²) in [5.74, 6) is 1.46. The molecule has 1 N–H and O–H groups in total. The Morgan fingerprint density at radius 1 is 1.00 bits per heavy atom. The third-order valence-corrected chi connectivity index (χ3v) is 4.41. The van der Waals surface area contributed by atoms with Gasteiger partial charge in [-0.2, -0.15) is 0 Å². The van der Waals surface area contributed by atoms with Gasteiger partial charge in [0.1, 0.15) is 18.0 Å². The molecular weight excluding hydrogens is 352 g/mol. The van der Waals surface area contributed by atoms with E-state index in [9.17, 15) is 4.79 Å². The zero-order valence-corrected chi connectivity index (χ0v) is 15.3. The van der Waals surface area contributed by atoms with Crippen molar-refractivity contribution in [3.8, 4) is 5.82 Å². The highest BCUT2D eigenvalue weighted by Crippen LogP contribution is 2.08. The second kappa shape index (κ2) is 8.30. The van der Waals surface area contributed by atoms with E-state index in [1.165, 1.54) is 5.56 Å². The van der Waals surface area contributed by atoms with Crippen molar-refractivity contribution < 1.29 is 4.79 Å². The lowest BCUT2D eigenvalue weighted by Gasteiger charge is -2.09. The maximum atomic E-state index is 12.5. The summed E-state index contributed by atoms with van der Waals surface area (Å²) in [7, 11) is 0. The lowest BCUT2D eigenvalue weighted by atomic mass is 10.2. The number of nitrogens with one attached hydrogen (secondary N) is 1. The normalized spacial score (nSPS) is 10.7. The monoisotopic (exact) mass is 372 g/mol. The van der Waals surface area contributed by atoms with Crippen molar-refractivity contribution in [2.24, 2.45) is 0 Å². The van der Waals surface area contributed by atoms with E-state index >= 15 is 0 Å². The van der Waals surface area contributed by atoms with Crippen LogP contribution in [0.1, 0.15) is 21.7 Å². The number of carbonyl (C=O) groups is 1. The van der Waals surface area contributed by atoms with E-state index in [1.807, 2.05) is 24.4 Å². The number of hydrogen-bond donors (Lipinski definition) is 1. The van der Waals surface area contributed by atoms with Crippen LogP contribution in [0.4, 0.5) is 0 Å². The number of aromatic nitrogens is 5. The Morgan fingerprint density at radius 2 is 1.89 bits per heavy atom. The maximum Gasteiger partial charge on any atom is 0.251 e. The van der Waals surface area contributed by atoms with Crippen molar-refractivity contribution in [2.45, 2.75) is 13.0 Å². The molecule has 0 radical (unpaired) electrons. The number of amides is 1. The predicted molar refractivity (Wildman–Crippen MR) is 105 cm³/mol. The van der Waals surface area contributed by atoms with E-state index in [-0.39, 0.29) is 5.91 Å². The molecular formula is C21H20N6O. The standard InChI is InChI=1S/C21H20N6O/c28-21(18-6-8-23-20(14-18)27-12-10-22-16-27)25-9-7-19-24-11-13-26(19)15-17-4-2-1-3-5-17/h1-6,8,10-14,16H,7,9,15H2,(H,25,28). The Balaban J connectivity index is 1.35. The van der Waals surface area contributed by atoms with Crippen LogP contribution in [0.3, 0.4) is 0 Å². The van der Waals surface area contributed by atoms with E-state index in [4.69, 9.17) is 0 Å². The molecule has 0 aliphatic carbocycles. The average molecular weight is 372 g/mol. The smallest absolute Gasteiger partial charge is 0.251 e. The molecule has 0 unspecified atom stereocenters. The molecule has 0 aliphatic heterocycles. The molecule has 28 heavy (non-hydrogen) atoms. The van der Waals surface area contributed by atoms with Crippen molar-refractivity contribution in [1.29, 1.82) is 0 Å². The van der Waals surface area contributed by atoms with Gasteiger partial charge >= 0.3 is 0 Å². The molecule has 0 aliphatic rings. The summed E-state index contributed by atoms with van der Waals surface area (Å²) in [5, 5.41) is 2.96. The van der Waals surface area contributed by atoms with Gasteiger partial charge in [0.25, 0.3) is 5.91 Å². The molecule has 3 heterocycles. The number of carbonyl (C=O) groups excluding carboxylic acids is 1. The summed E-state index contributed by atoms with van der Waals surface area (Å²) in [6.07, 6.45) is 11.1. The van der Waals surface area contributed by atoms with Gasteiger partial charge in [0, 0.05) is 56.1 Å². The van der Waals surface area contributed by atoms with Gasteiger partial charge in [-0.1, -0.05) is 30.3 Å². The average Bonchev–Trinajstić information content (AvgIpc) is 3.41. The predicted octanol–water partition coefficient (Wildman–Crippen LogP) is 2.48. The highest BCUT2D eigenvalue weighted by molar-refractivity contribution is 5.94. The number of rotatable bonds is 7. The molecule has 140 valence electrons. The number of imidazole rings is 2. The maximum absolute atomic E-state index is 12.5. The zero-order valence-electron chi connectivity index (χ0n) is 15.3. The lowest BCUT2D eigenvalue weighted by Crippen LogP contribution is -2.26. The van der Waals surface area contributed by atoms with E-state index < -0.39 is 0 Å². The number of pyridine rings is 1. The van der Waals surface area contributed by atoms with Crippen molar-refractivity contribution in [1.82, 2.24) is 29.4 Å². The van der Waals surface area contributed by atoms with Crippen molar-refractivity contribution in [2.75, 3.05) is 6.54 Å². The molecule has 4 rings (SSSR count). The quantitative estimate of drug-likeness (QED) is 0.541. The van der Waals surface area contributed by atoms with Gasteiger partial charge in [0.2, 0.25) is 0 Å². The van der Waals surface area contributed by atoms with Gasteiger partial charge < -0.3 is 9.88 Å². The fourth-order valence-corrected chi connectivity index (χ4v) is 2.98. The van der Waals surface area contributed by atoms with E-state index in [2.05, 4.69) is 37.0 Å². The van der Waals surface area contributed by atoms with Crippen LogP contribution in [0, 0.1) is 0 Å².